The van der Waals surface area contributed by atoms with Gasteiger partial charge in [-0.25, -0.2) is 0 Å². The van der Waals surface area contributed by atoms with Crippen LogP contribution in [0.4, 0.5) is 0 Å². The summed E-state index contributed by atoms with van der Waals surface area (Å²) in [5.74, 6) is 0.599. The second-order valence-electron chi connectivity index (χ2n) is 29.5. The highest BCUT2D eigenvalue weighted by atomic mass is 16.1. The summed E-state index contributed by atoms with van der Waals surface area (Å²) in [6, 6.07) is 83.5. The van der Waals surface area contributed by atoms with Gasteiger partial charge in [0.2, 0.25) is 0 Å². The number of hydrogen-bond donors (Lipinski definition) is 0. The van der Waals surface area contributed by atoms with E-state index in [1.54, 1.807) is 0 Å². The molecular formula is C86H64N2O2. The average molecular weight is 1160 g/mol. The van der Waals surface area contributed by atoms with Crippen molar-refractivity contribution in [2.75, 3.05) is 0 Å². The van der Waals surface area contributed by atoms with Gasteiger partial charge in [0.15, 0.2) is 11.6 Å². The Morgan fingerprint density at radius 3 is 0.944 bits per heavy atom. The summed E-state index contributed by atoms with van der Waals surface area (Å²) in [5.41, 5.74) is 23.7. The van der Waals surface area contributed by atoms with E-state index in [1.807, 2.05) is 0 Å². The minimum atomic E-state index is -0.703. The fourth-order valence-corrected chi connectivity index (χ4v) is 20.4. The van der Waals surface area contributed by atoms with Crippen LogP contribution in [0.15, 0.2) is 218 Å². The maximum atomic E-state index is 15.5. The first-order valence-corrected chi connectivity index (χ1v) is 33.0. The van der Waals surface area contributed by atoms with Crippen LogP contribution in [0.3, 0.4) is 0 Å². The van der Waals surface area contributed by atoms with Gasteiger partial charge in [-0.2, -0.15) is 0 Å². The molecule has 0 atom stereocenters. The number of ketones is 2. The van der Waals surface area contributed by atoms with Gasteiger partial charge >= 0.3 is 0 Å². The van der Waals surface area contributed by atoms with Crippen LogP contribution < -0.4 is 0 Å². The Morgan fingerprint density at radius 2 is 0.589 bits per heavy atom. The number of rotatable bonds is 4. The quantitative estimate of drug-likeness (QED) is 0.176. The number of fused-ring (bicyclic) bond motifs is 24. The second-order valence-corrected chi connectivity index (χ2v) is 29.5. The van der Waals surface area contributed by atoms with E-state index < -0.39 is 21.7 Å². The highest BCUT2D eigenvalue weighted by Gasteiger charge is 2.54. The van der Waals surface area contributed by atoms with Crippen molar-refractivity contribution in [3.8, 4) is 22.3 Å². The molecule has 0 spiro atoms. The lowest BCUT2D eigenvalue weighted by molar-refractivity contribution is 0.0726. The van der Waals surface area contributed by atoms with Crippen LogP contribution in [0.5, 0.6) is 0 Å². The first-order valence-electron chi connectivity index (χ1n) is 33.0. The summed E-state index contributed by atoms with van der Waals surface area (Å²) in [6.07, 6.45) is 7.65. The molecule has 0 unspecified atom stereocenters. The van der Waals surface area contributed by atoms with E-state index in [0.717, 1.165) is 84.6 Å². The monoisotopic (exact) mass is 1160 g/mol. The van der Waals surface area contributed by atoms with Gasteiger partial charge in [-0.3, -0.25) is 9.59 Å². The molecule has 0 N–H and O–H groups in total. The highest BCUT2D eigenvalue weighted by Crippen LogP contribution is 2.65. The van der Waals surface area contributed by atoms with Gasteiger partial charge in [-0.05, 0) is 189 Å². The first-order chi connectivity index (χ1) is 43.9. The maximum Gasteiger partial charge on any atom is 0.169 e. The maximum absolute atomic E-state index is 15.5. The Labute approximate surface area is 522 Å². The summed E-state index contributed by atoms with van der Waals surface area (Å²) in [6.45, 7) is 9.36. The highest BCUT2D eigenvalue weighted by molar-refractivity contribution is 6.33. The van der Waals surface area contributed by atoms with E-state index in [-0.39, 0.29) is 10.8 Å². The van der Waals surface area contributed by atoms with E-state index in [2.05, 4.69) is 255 Å². The molecule has 8 aliphatic rings. The standard InChI is InChI=1S/C86H64N2O2/c1-81-33-37-83(3,38-34-81)79(89)61-45-69-55(43-67(61)81)59-41-57-53-29-17-19-31-65(53)85(49-21-9-5-10-22-49,50-23-11-6-12-24-50)75(57)73-63-48-72-64(47-71(63)87(69)77(59)73)74-76-58(54-30-18-20-32-66(54)86(76,51-25-13-7-14-26-51)52-27-15-8-16-28-52)42-60-56-44-68-62(46-70(56)88(72)78(60)74)80(90)84(4)39-35-82(68,2)36-40-84/h5-32,41-48H,33-40H2,1-4H3. The first kappa shape index (κ1) is 50.2. The van der Waals surface area contributed by atoms with Crippen molar-refractivity contribution in [1.29, 1.82) is 0 Å². The van der Waals surface area contributed by atoms with Crippen molar-refractivity contribution in [1.82, 2.24) is 8.80 Å². The molecule has 23 rings (SSSR count). The SMILES string of the molecule is CC12CCC(C)(CC1)c1cc3c4cc5c(c6c7cc8c(cc7n(c3cc1C2=O)c46)c1c2c(cc3c4cc6c(cc4n8c31)C(=O)C1(C)CCC6(C)CC1)-c1ccccc1C2(c1ccccc1)c1ccccc1)C(c1ccccc1)(c1ccccc1)c1ccccc1-5. The van der Waals surface area contributed by atoms with E-state index in [0.29, 0.717) is 11.6 Å². The van der Waals surface area contributed by atoms with Gasteiger partial charge in [-0.1, -0.05) is 198 Å². The lowest BCUT2D eigenvalue weighted by atomic mass is 9.65. The molecule has 4 heterocycles. The lowest BCUT2D eigenvalue weighted by Crippen LogP contribution is -2.33. The van der Waals surface area contributed by atoms with E-state index >= 15 is 9.59 Å². The number of carbonyl (C=O) groups is 2. The number of carbonyl (C=O) groups excluding carboxylic acids is 2. The topological polar surface area (TPSA) is 43.0 Å². The molecule has 430 valence electrons. The second kappa shape index (κ2) is 16.4. The van der Waals surface area contributed by atoms with Crippen LogP contribution >= 0.6 is 0 Å². The number of nitrogens with zero attached hydrogens (tertiary/aromatic N) is 2. The summed E-state index contributed by atoms with van der Waals surface area (Å²) >= 11 is 0. The van der Waals surface area contributed by atoms with Crippen molar-refractivity contribution in [3.05, 3.63) is 285 Å². The van der Waals surface area contributed by atoms with Gasteiger partial charge < -0.3 is 8.80 Å². The minimum absolute atomic E-state index is 0.108. The molecule has 0 aliphatic heterocycles. The third-order valence-electron chi connectivity index (χ3n) is 25.1. The largest absolute Gasteiger partial charge is 0.308 e. The van der Waals surface area contributed by atoms with Crippen LogP contribution in [0.25, 0.3) is 98.4 Å². The number of aromatic nitrogens is 2. The number of hydrogen-bond acceptors (Lipinski definition) is 2. The summed E-state index contributed by atoms with van der Waals surface area (Å²) in [5, 5.41) is 9.72. The van der Waals surface area contributed by atoms with E-state index in [9.17, 15) is 0 Å². The zero-order valence-corrected chi connectivity index (χ0v) is 51.2. The molecule has 15 aromatic rings. The Hall–Kier alpha value is -9.64. The predicted molar refractivity (Wildman–Crippen MR) is 367 cm³/mol. The molecule has 2 fully saturated rings. The van der Waals surface area contributed by atoms with Gasteiger partial charge in [0.05, 0.1) is 43.9 Å². The molecule has 90 heavy (non-hydrogen) atoms. The predicted octanol–water partition coefficient (Wildman–Crippen LogP) is 20.8. The Kier molecular flexibility index (Phi) is 9.16. The van der Waals surface area contributed by atoms with Gasteiger partial charge in [0.1, 0.15) is 0 Å². The van der Waals surface area contributed by atoms with Crippen LogP contribution in [0.2, 0.25) is 0 Å². The fraction of sp³-hybridized carbons (Fsp3) is 0.209. The average Bonchev–Trinajstić information content (AvgIpc) is 1.49. The number of benzene rings is 11. The summed E-state index contributed by atoms with van der Waals surface area (Å²) in [4.78, 5) is 31.0. The molecule has 0 radical (unpaired) electrons. The third kappa shape index (κ3) is 5.64. The normalized spacial score (nSPS) is 23.4. The zero-order chi connectivity index (χ0) is 59.7. The van der Waals surface area contributed by atoms with E-state index in [1.165, 1.54) is 132 Å². The number of Topliss-reactive ketones (excluding diaryl/α,β-unsaturated/α-hetero) is 2. The Bertz CT molecular complexity index is 5310. The van der Waals surface area contributed by atoms with Crippen LogP contribution in [0.1, 0.15) is 155 Å². The van der Waals surface area contributed by atoms with Crippen molar-refractivity contribution >= 4 is 87.8 Å². The zero-order valence-electron chi connectivity index (χ0n) is 51.2. The lowest BCUT2D eigenvalue weighted by Gasteiger charge is -2.38. The van der Waals surface area contributed by atoms with Crippen molar-refractivity contribution in [2.45, 2.75) is 101 Å². The van der Waals surface area contributed by atoms with Crippen molar-refractivity contribution in [2.24, 2.45) is 10.8 Å². The molecule has 0 amide bonds. The third-order valence-corrected chi connectivity index (χ3v) is 25.1. The van der Waals surface area contributed by atoms with Crippen molar-refractivity contribution in [3.63, 3.8) is 0 Å². The molecule has 4 heteroatoms. The molecule has 0 saturated heterocycles. The Morgan fingerprint density at radius 1 is 0.278 bits per heavy atom. The molecule has 11 aromatic carbocycles. The van der Waals surface area contributed by atoms with E-state index in [4.69, 9.17) is 0 Å². The summed E-state index contributed by atoms with van der Waals surface area (Å²) in [7, 11) is 0. The summed E-state index contributed by atoms with van der Waals surface area (Å²) < 4.78 is 5.23. The van der Waals surface area contributed by atoms with Crippen molar-refractivity contribution < 1.29 is 9.59 Å². The Balaban J connectivity index is 1.02. The molecule has 4 aromatic heterocycles. The molecule has 4 bridgehead atoms. The molecule has 8 aliphatic carbocycles. The minimum Gasteiger partial charge on any atom is -0.308 e. The molecular weight excluding hydrogens is 1090 g/mol. The van der Waals surface area contributed by atoms with Gasteiger partial charge in [0.25, 0.3) is 0 Å². The van der Waals surface area contributed by atoms with Gasteiger partial charge in [0, 0.05) is 65.0 Å². The van der Waals surface area contributed by atoms with Gasteiger partial charge in [-0.15, -0.1) is 0 Å². The van der Waals surface area contributed by atoms with Crippen LogP contribution in [-0.2, 0) is 21.7 Å². The smallest absolute Gasteiger partial charge is 0.169 e. The van der Waals surface area contributed by atoms with Crippen LogP contribution in [-0.4, -0.2) is 20.4 Å². The molecule has 2 saturated carbocycles. The fourth-order valence-electron chi connectivity index (χ4n) is 20.4. The van der Waals surface area contributed by atoms with Crippen LogP contribution in [0, 0.1) is 10.8 Å². The molecule has 4 nitrogen and oxygen atoms in total.